The molecule has 1 aliphatic heterocycles. The highest BCUT2D eigenvalue weighted by Crippen LogP contribution is 2.27. The fourth-order valence-electron chi connectivity index (χ4n) is 3.68. The zero-order valence-electron chi connectivity index (χ0n) is 16.4. The van der Waals surface area contributed by atoms with Crippen molar-refractivity contribution in [2.24, 2.45) is 0 Å². The van der Waals surface area contributed by atoms with E-state index in [1.54, 1.807) is 19.1 Å². The van der Waals surface area contributed by atoms with Gasteiger partial charge in [-0.15, -0.1) is 0 Å². The predicted octanol–water partition coefficient (Wildman–Crippen LogP) is 3.33. The van der Waals surface area contributed by atoms with Crippen molar-refractivity contribution >= 4 is 5.91 Å². The average Bonchev–Trinajstić information content (AvgIpc) is 3.16. The van der Waals surface area contributed by atoms with Crippen LogP contribution in [0.15, 0.2) is 48.5 Å². The summed E-state index contributed by atoms with van der Waals surface area (Å²) in [5, 5.41) is 0. The average molecular weight is 368 g/mol. The van der Waals surface area contributed by atoms with E-state index in [0.29, 0.717) is 6.54 Å². The van der Waals surface area contributed by atoms with Gasteiger partial charge in [-0.2, -0.15) is 0 Å². The fraction of sp³-hybridized carbons (Fsp3) is 0.409. The Bertz CT molecular complexity index is 763. The van der Waals surface area contributed by atoms with Gasteiger partial charge in [0.25, 0.3) is 0 Å². The molecule has 0 spiro atoms. The fourth-order valence-corrected chi connectivity index (χ4v) is 3.68. The predicted molar refractivity (Wildman–Crippen MR) is 106 cm³/mol. The molecule has 2 aromatic rings. The standard InChI is InChI=1S/C22H28N2O3/c1-23(16-18-11-12-19(26-2)14-21(18)27-3)22(25)20-10-7-13-24(20)15-17-8-5-4-6-9-17/h4-6,8-9,11-12,14,20H,7,10,13,15-16H2,1-3H3. The van der Waals surface area contributed by atoms with Crippen molar-refractivity contribution in [1.82, 2.24) is 9.80 Å². The van der Waals surface area contributed by atoms with Gasteiger partial charge in [-0.1, -0.05) is 30.3 Å². The topological polar surface area (TPSA) is 42.0 Å². The molecule has 0 bridgehead atoms. The quantitative estimate of drug-likeness (QED) is 0.752. The minimum atomic E-state index is -0.0561. The Morgan fingerprint density at radius 3 is 2.63 bits per heavy atom. The zero-order valence-corrected chi connectivity index (χ0v) is 16.4. The van der Waals surface area contributed by atoms with Crippen LogP contribution in [0, 0.1) is 0 Å². The molecule has 5 heteroatoms. The molecule has 27 heavy (non-hydrogen) atoms. The lowest BCUT2D eigenvalue weighted by atomic mass is 10.1. The molecular weight excluding hydrogens is 340 g/mol. The van der Waals surface area contributed by atoms with E-state index in [9.17, 15) is 4.79 Å². The lowest BCUT2D eigenvalue weighted by Crippen LogP contribution is -2.43. The molecule has 1 heterocycles. The Hall–Kier alpha value is -2.53. The summed E-state index contributed by atoms with van der Waals surface area (Å²) >= 11 is 0. The first kappa shape index (κ1) is 19.2. The molecule has 0 radical (unpaired) electrons. The molecule has 1 fully saturated rings. The third-order valence-electron chi connectivity index (χ3n) is 5.16. The van der Waals surface area contributed by atoms with Crippen LogP contribution in [0.1, 0.15) is 24.0 Å². The van der Waals surface area contributed by atoms with Crippen LogP contribution in [0.3, 0.4) is 0 Å². The second-order valence-electron chi connectivity index (χ2n) is 6.99. The molecule has 0 N–H and O–H groups in total. The number of methoxy groups -OCH3 is 2. The molecular formula is C22H28N2O3. The highest BCUT2D eigenvalue weighted by atomic mass is 16.5. The van der Waals surface area contributed by atoms with Crippen LogP contribution >= 0.6 is 0 Å². The molecule has 5 nitrogen and oxygen atoms in total. The molecule has 1 unspecified atom stereocenters. The number of rotatable bonds is 7. The largest absolute Gasteiger partial charge is 0.497 e. The van der Waals surface area contributed by atoms with Gasteiger partial charge in [0.1, 0.15) is 11.5 Å². The third kappa shape index (κ3) is 4.61. The van der Waals surface area contributed by atoms with Crippen LogP contribution in [0.2, 0.25) is 0 Å². The Balaban J connectivity index is 1.67. The molecule has 0 aliphatic carbocycles. The summed E-state index contributed by atoms with van der Waals surface area (Å²) < 4.78 is 10.7. The van der Waals surface area contributed by atoms with Crippen molar-refractivity contribution in [1.29, 1.82) is 0 Å². The van der Waals surface area contributed by atoms with Crippen molar-refractivity contribution in [3.05, 3.63) is 59.7 Å². The Kier molecular flexibility index (Phi) is 6.35. The number of hydrogen-bond acceptors (Lipinski definition) is 4. The lowest BCUT2D eigenvalue weighted by Gasteiger charge is -2.28. The minimum absolute atomic E-state index is 0.0561. The van der Waals surface area contributed by atoms with E-state index in [4.69, 9.17) is 9.47 Å². The molecule has 0 saturated carbocycles. The van der Waals surface area contributed by atoms with Crippen LogP contribution in [-0.2, 0) is 17.9 Å². The first-order valence-corrected chi connectivity index (χ1v) is 9.36. The van der Waals surface area contributed by atoms with E-state index in [1.165, 1.54) is 5.56 Å². The molecule has 2 aromatic carbocycles. The van der Waals surface area contributed by atoms with Crippen molar-refractivity contribution in [3.8, 4) is 11.5 Å². The highest BCUT2D eigenvalue weighted by molar-refractivity contribution is 5.82. The van der Waals surface area contributed by atoms with Gasteiger partial charge in [-0.05, 0) is 37.1 Å². The lowest BCUT2D eigenvalue weighted by molar-refractivity contribution is -0.135. The number of benzene rings is 2. The van der Waals surface area contributed by atoms with Gasteiger partial charge in [-0.25, -0.2) is 0 Å². The molecule has 0 aromatic heterocycles. The molecule has 3 rings (SSSR count). The van der Waals surface area contributed by atoms with Gasteiger partial charge in [-0.3, -0.25) is 9.69 Å². The number of amides is 1. The van der Waals surface area contributed by atoms with E-state index < -0.39 is 0 Å². The van der Waals surface area contributed by atoms with Crippen LogP contribution in [0.5, 0.6) is 11.5 Å². The summed E-state index contributed by atoms with van der Waals surface area (Å²) in [5.74, 6) is 1.65. The number of ether oxygens (including phenoxy) is 2. The summed E-state index contributed by atoms with van der Waals surface area (Å²) in [5.41, 5.74) is 2.22. The summed E-state index contributed by atoms with van der Waals surface area (Å²) in [6, 6.07) is 16.0. The molecule has 144 valence electrons. The molecule has 1 aliphatic rings. The first-order valence-electron chi connectivity index (χ1n) is 9.36. The van der Waals surface area contributed by atoms with Crippen molar-refractivity contribution in [2.75, 3.05) is 27.8 Å². The van der Waals surface area contributed by atoms with E-state index >= 15 is 0 Å². The van der Waals surface area contributed by atoms with Gasteiger partial charge >= 0.3 is 0 Å². The number of carbonyl (C=O) groups is 1. The van der Waals surface area contributed by atoms with Gasteiger partial charge in [0.2, 0.25) is 5.91 Å². The highest BCUT2D eigenvalue weighted by Gasteiger charge is 2.32. The summed E-state index contributed by atoms with van der Waals surface area (Å²) in [6.07, 6.45) is 1.97. The van der Waals surface area contributed by atoms with Gasteiger partial charge in [0, 0.05) is 31.8 Å². The van der Waals surface area contributed by atoms with E-state index in [0.717, 1.165) is 43.0 Å². The number of hydrogen-bond donors (Lipinski definition) is 0. The van der Waals surface area contributed by atoms with Crippen LogP contribution < -0.4 is 9.47 Å². The molecule has 1 atom stereocenters. The summed E-state index contributed by atoms with van der Waals surface area (Å²) in [7, 11) is 5.13. The van der Waals surface area contributed by atoms with Gasteiger partial charge in [0.05, 0.1) is 20.3 Å². The van der Waals surface area contributed by atoms with Crippen molar-refractivity contribution < 1.29 is 14.3 Å². The van der Waals surface area contributed by atoms with Crippen molar-refractivity contribution in [3.63, 3.8) is 0 Å². The number of likely N-dealkylation sites (N-methyl/N-ethyl adjacent to an activating group) is 1. The van der Waals surface area contributed by atoms with Gasteiger partial charge in [0.15, 0.2) is 0 Å². The Morgan fingerprint density at radius 1 is 1.15 bits per heavy atom. The Labute approximate surface area is 161 Å². The Morgan fingerprint density at radius 2 is 1.93 bits per heavy atom. The maximum atomic E-state index is 13.1. The maximum absolute atomic E-state index is 13.1. The number of carbonyl (C=O) groups excluding carboxylic acids is 1. The second kappa shape index (κ2) is 8.91. The normalized spacial score (nSPS) is 16.9. The maximum Gasteiger partial charge on any atom is 0.239 e. The van der Waals surface area contributed by atoms with Crippen LogP contribution in [0.25, 0.3) is 0 Å². The summed E-state index contributed by atoms with van der Waals surface area (Å²) in [6.45, 7) is 2.30. The molecule has 1 amide bonds. The van der Waals surface area contributed by atoms with E-state index in [2.05, 4.69) is 17.0 Å². The number of nitrogens with zero attached hydrogens (tertiary/aromatic N) is 2. The zero-order chi connectivity index (χ0) is 19.2. The first-order chi connectivity index (χ1) is 13.1. The monoisotopic (exact) mass is 368 g/mol. The SMILES string of the molecule is COc1ccc(CN(C)C(=O)C2CCCN2Cc2ccccc2)c(OC)c1. The minimum Gasteiger partial charge on any atom is -0.497 e. The third-order valence-corrected chi connectivity index (χ3v) is 5.16. The van der Waals surface area contributed by atoms with Crippen molar-refractivity contribution in [2.45, 2.75) is 32.0 Å². The van der Waals surface area contributed by atoms with Crippen LogP contribution in [-0.4, -0.2) is 49.6 Å². The summed E-state index contributed by atoms with van der Waals surface area (Å²) in [4.78, 5) is 17.2. The number of likely N-dealkylation sites (tertiary alicyclic amines) is 1. The van der Waals surface area contributed by atoms with E-state index in [-0.39, 0.29) is 11.9 Å². The van der Waals surface area contributed by atoms with Crippen LogP contribution in [0.4, 0.5) is 0 Å². The second-order valence-corrected chi connectivity index (χ2v) is 6.99. The van der Waals surface area contributed by atoms with Gasteiger partial charge < -0.3 is 14.4 Å². The molecule has 1 saturated heterocycles. The van der Waals surface area contributed by atoms with E-state index in [1.807, 2.05) is 43.4 Å². The smallest absolute Gasteiger partial charge is 0.239 e.